The average molecular weight is 300 g/mol. The maximum atomic E-state index is 12.6. The van der Waals surface area contributed by atoms with Crippen LogP contribution in [-0.4, -0.2) is 62.5 Å². The van der Waals surface area contributed by atoms with Gasteiger partial charge in [-0.3, -0.25) is 0 Å². The molecule has 9 heteroatoms. The number of quaternary nitrogens is 1. The third-order valence-corrected chi connectivity index (χ3v) is 1.26. The van der Waals surface area contributed by atoms with Gasteiger partial charge >= 0.3 is 18.1 Å². The van der Waals surface area contributed by atoms with Gasteiger partial charge in [0.1, 0.15) is 0 Å². The SMILES string of the molecule is CCCOC(F)(C(O)(F)F)C(F)(F)F.C[N+](C)(C)C. The van der Waals surface area contributed by atoms with Crippen molar-refractivity contribution in [3.63, 3.8) is 0 Å². The van der Waals surface area contributed by atoms with Gasteiger partial charge in [0.2, 0.25) is 0 Å². The smallest absolute Gasteiger partial charge is 0.333 e. The van der Waals surface area contributed by atoms with Crippen LogP contribution in [0.25, 0.3) is 0 Å². The first-order valence-corrected chi connectivity index (χ1v) is 5.35. The van der Waals surface area contributed by atoms with Crippen LogP contribution in [0.5, 0.6) is 0 Å². The van der Waals surface area contributed by atoms with Gasteiger partial charge in [-0.15, -0.1) is 0 Å². The van der Waals surface area contributed by atoms with Gasteiger partial charge in [0.15, 0.2) is 0 Å². The summed E-state index contributed by atoms with van der Waals surface area (Å²) >= 11 is 0. The summed E-state index contributed by atoms with van der Waals surface area (Å²) in [5.41, 5.74) is 0. The van der Waals surface area contributed by atoms with E-state index in [2.05, 4.69) is 32.9 Å². The van der Waals surface area contributed by atoms with Gasteiger partial charge in [0.05, 0.1) is 34.8 Å². The number of halogens is 6. The molecule has 19 heavy (non-hydrogen) atoms. The van der Waals surface area contributed by atoms with Crippen LogP contribution in [0.3, 0.4) is 0 Å². The predicted molar refractivity (Wildman–Crippen MR) is 57.3 cm³/mol. The summed E-state index contributed by atoms with van der Waals surface area (Å²) < 4.78 is 76.2. The molecular formula is C10H20F6NO2+. The lowest BCUT2D eigenvalue weighted by Gasteiger charge is -2.30. The number of rotatable bonds is 4. The van der Waals surface area contributed by atoms with Crippen molar-refractivity contribution in [2.75, 3.05) is 34.8 Å². The summed E-state index contributed by atoms with van der Waals surface area (Å²) in [7, 11) is 8.50. The maximum absolute atomic E-state index is 12.6. The van der Waals surface area contributed by atoms with Gasteiger partial charge in [-0.1, -0.05) is 6.92 Å². The zero-order valence-corrected chi connectivity index (χ0v) is 11.5. The van der Waals surface area contributed by atoms with Crippen molar-refractivity contribution in [3.05, 3.63) is 0 Å². The molecule has 1 N–H and O–H groups in total. The Kier molecular flexibility index (Phi) is 7.39. The molecule has 0 amide bonds. The first-order valence-electron chi connectivity index (χ1n) is 5.35. The summed E-state index contributed by atoms with van der Waals surface area (Å²) in [6.45, 7) is 0.415. The highest BCUT2D eigenvalue weighted by Gasteiger charge is 2.73. The Morgan fingerprint density at radius 1 is 0.947 bits per heavy atom. The molecule has 0 saturated heterocycles. The van der Waals surface area contributed by atoms with E-state index in [1.54, 1.807) is 0 Å². The number of aliphatic hydroxyl groups is 1. The molecule has 0 radical (unpaired) electrons. The Balaban J connectivity index is 0. The molecule has 0 bridgehead atoms. The van der Waals surface area contributed by atoms with Crippen molar-refractivity contribution in [2.24, 2.45) is 0 Å². The van der Waals surface area contributed by atoms with Crippen molar-refractivity contribution in [1.82, 2.24) is 0 Å². The minimum Gasteiger partial charge on any atom is -0.333 e. The lowest BCUT2D eigenvalue weighted by atomic mass is 10.2. The van der Waals surface area contributed by atoms with Crippen molar-refractivity contribution in [2.45, 2.75) is 31.5 Å². The van der Waals surface area contributed by atoms with Crippen molar-refractivity contribution in [3.8, 4) is 0 Å². The molecule has 0 heterocycles. The van der Waals surface area contributed by atoms with Crippen LogP contribution in [0.1, 0.15) is 13.3 Å². The molecule has 3 nitrogen and oxygen atoms in total. The van der Waals surface area contributed by atoms with Gasteiger partial charge in [-0.05, 0) is 6.42 Å². The second-order valence-corrected chi connectivity index (χ2v) is 5.17. The van der Waals surface area contributed by atoms with E-state index < -0.39 is 24.7 Å². The Labute approximate surface area is 108 Å². The Morgan fingerprint density at radius 2 is 1.26 bits per heavy atom. The molecular weight excluding hydrogens is 280 g/mol. The summed E-state index contributed by atoms with van der Waals surface area (Å²) in [5, 5.41) is 7.75. The summed E-state index contributed by atoms with van der Waals surface area (Å²) in [5.74, 6) is -5.35. The fraction of sp³-hybridized carbons (Fsp3) is 1.00. The van der Waals surface area contributed by atoms with E-state index >= 15 is 0 Å². The molecule has 0 saturated carbocycles. The summed E-state index contributed by atoms with van der Waals surface area (Å²) in [6.07, 6.45) is -11.7. The Morgan fingerprint density at radius 3 is 1.42 bits per heavy atom. The third-order valence-electron chi connectivity index (χ3n) is 1.26. The minimum absolute atomic E-state index is 0.0994. The van der Waals surface area contributed by atoms with E-state index in [4.69, 9.17) is 5.11 Å². The highest BCUT2D eigenvalue weighted by molar-refractivity contribution is 4.85. The number of nitrogens with zero attached hydrogens (tertiary/aromatic N) is 1. The minimum atomic E-state index is -6.00. The summed E-state index contributed by atoms with van der Waals surface area (Å²) in [6, 6.07) is 0. The molecule has 0 fully saturated rings. The van der Waals surface area contributed by atoms with Crippen LogP contribution in [0, 0.1) is 0 Å². The lowest BCUT2D eigenvalue weighted by molar-refractivity contribution is -0.849. The van der Waals surface area contributed by atoms with Gasteiger partial charge < -0.3 is 14.3 Å². The van der Waals surface area contributed by atoms with Crippen LogP contribution in [0.2, 0.25) is 0 Å². The molecule has 0 aliphatic carbocycles. The van der Waals surface area contributed by atoms with Crippen molar-refractivity contribution in [1.29, 1.82) is 0 Å². The fourth-order valence-corrected chi connectivity index (χ4v) is 0.582. The van der Waals surface area contributed by atoms with Gasteiger partial charge in [0, 0.05) is 0 Å². The van der Waals surface area contributed by atoms with Gasteiger partial charge in [-0.25, -0.2) is 0 Å². The Hall–Kier alpha value is -0.540. The monoisotopic (exact) mass is 300 g/mol. The zero-order valence-electron chi connectivity index (χ0n) is 11.5. The Bertz CT molecular complexity index is 236. The quantitative estimate of drug-likeness (QED) is 0.639. The van der Waals surface area contributed by atoms with Gasteiger partial charge in [0.25, 0.3) is 0 Å². The standard InChI is InChI=1S/C6H8F6O2.C4H12N/c1-2-3-14-4(7,5(8,9)10)6(11,12)13;1-5(2,3)4/h13H,2-3H2,1H3;1-4H3/q;+1. The highest BCUT2D eigenvalue weighted by Crippen LogP contribution is 2.44. The topological polar surface area (TPSA) is 29.5 Å². The maximum Gasteiger partial charge on any atom is 0.457 e. The first kappa shape index (κ1) is 20.8. The number of alkyl halides is 6. The van der Waals surface area contributed by atoms with Crippen LogP contribution >= 0.6 is 0 Å². The summed E-state index contributed by atoms with van der Waals surface area (Å²) in [4.78, 5) is 0. The average Bonchev–Trinajstić information content (AvgIpc) is 2.07. The van der Waals surface area contributed by atoms with Crippen LogP contribution in [0.15, 0.2) is 0 Å². The molecule has 0 rings (SSSR count). The number of ether oxygens (including phenoxy) is 1. The molecule has 0 aliphatic heterocycles. The van der Waals surface area contributed by atoms with Crippen molar-refractivity contribution < 1.29 is 40.7 Å². The van der Waals surface area contributed by atoms with E-state index in [9.17, 15) is 26.3 Å². The van der Waals surface area contributed by atoms with E-state index in [0.29, 0.717) is 0 Å². The second kappa shape index (κ2) is 6.76. The predicted octanol–water partition coefficient (Wildman–Crippen LogP) is 2.55. The molecule has 1 atom stereocenters. The zero-order chi connectivity index (χ0) is 16.1. The number of hydrogen-bond donors (Lipinski definition) is 1. The van der Waals surface area contributed by atoms with E-state index in [1.807, 2.05) is 0 Å². The van der Waals surface area contributed by atoms with Crippen molar-refractivity contribution >= 4 is 0 Å². The molecule has 0 aromatic heterocycles. The second-order valence-electron chi connectivity index (χ2n) is 5.17. The van der Waals surface area contributed by atoms with E-state index in [-0.39, 0.29) is 6.42 Å². The molecule has 118 valence electrons. The normalized spacial score (nSPS) is 16.4. The third kappa shape index (κ3) is 8.27. The molecule has 0 spiro atoms. The van der Waals surface area contributed by atoms with E-state index in [1.165, 1.54) is 6.92 Å². The lowest BCUT2D eigenvalue weighted by Crippen LogP contribution is -2.57. The fourth-order valence-electron chi connectivity index (χ4n) is 0.582. The molecule has 1 unspecified atom stereocenters. The molecule has 0 aromatic rings. The highest BCUT2D eigenvalue weighted by atomic mass is 19.4. The first-order chi connectivity index (χ1) is 8.06. The molecule has 0 aromatic carbocycles. The van der Waals surface area contributed by atoms with Crippen LogP contribution in [-0.2, 0) is 4.74 Å². The van der Waals surface area contributed by atoms with E-state index in [0.717, 1.165) is 4.48 Å². The largest absolute Gasteiger partial charge is 0.457 e. The number of hydrogen-bond acceptors (Lipinski definition) is 2. The van der Waals surface area contributed by atoms with Gasteiger partial charge in [-0.2, -0.15) is 26.3 Å². The molecule has 0 aliphatic rings. The van der Waals surface area contributed by atoms with Crippen LogP contribution < -0.4 is 0 Å². The van der Waals surface area contributed by atoms with Crippen LogP contribution in [0.4, 0.5) is 26.3 Å².